The second kappa shape index (κ2) is 5.42. The standard InChI is InChI=1S/C9H18NO5S.Na/c1-8(2)5-7(15-16(12,13)14)6-9(3,4)10(8)11;/h7H,5-6H2,1-4H3,(H,12,13,14);/q;+1/p-1. The zero-order valence-corrected chi connectivity index (χ0v) is 13.7. The van der Waals surface area contributed by atoms with Crippen LogP contribution in [0, 0.1) is 0 Å². The summed E-state index contributed by atoms with van der Waals surface area (Å²) in [5.74, 6) is 0. The van der Waals surface area contributed by atoms with E-state index in [-0.39, 0.29) is 42.4 Å². The molecule has 0 saturated carbocycles. The molecular formula is C9H17NNaO5S. The number of hydrogen-bond acceptors (Lipinski definition) is 5. The van der Waals surface area contributed by atoms with E-state index >= 15 is 0 Å². The Morgan fingerprint density at radius 1 is 1.18 bits per heavy atom. The summed E-state index contributed by atoms with van der Waals surface area (Å²) in [6.07, 6.45) is -0.277. The number of piperidine rings is 1. The van der Waals surface area contributed by atoms with Gasteiger partial charge in [0.1, 0.15) is 0 Å². The molecule has 1 heterocycles. The van der Waals surface area contributed by atoms with Gasteiger partial charge in [-0.2, -0.15) is 0 Å². The van der Waals surface area contributed by atoms with Crippen LogP contribution in [0.15, 0.2) is 0 Å². The maximum absolute atomic E-state index is 11.9. The van der Waals surface area contributed by atoms with Gasteiger partial charge in [0, 0.05) is 11.1 Å². The number of hydroxylamine groups is 2. The average Bonchev–Trinajstić information content (AvgIpc) is 1.95. The summed E-state index contributed by atoms with van der Waals surface area (Å²) in [6, 6.07) is 0. The molecule has 0 aromatic rings. The molecule has 0 N–H and O–H groups in total. The Hall–Kier alpha value is 0.790. The summed E-state index contributed by atoms with van der Waals surface area (Å²) >= 11 is 0. The summed E-state index contributed by atoms with van der Waals surface area (Å²) in [7, 11) is -4.71. The van der Waals surface area contributed by atoms with Crippen LogP contribution in [0.4, 0.5) is 0 Å². The van der Waals surface area contributed by atoms with Crippen molar-refractivity contribution in [3.63, 3.8) is 0 Å². The molecule has 0 amide bonds. The fraction of sp³-hybridized carbons (Fsp3) is 1.00. The van der Waals surface area contributed by atoms with E-state index in [1.165, 1.54) is 0 Å². The summed E-state index contributed by atoms with van der Waals surface area (Å²) in [5.41, 5.74) is -1.48. The molecule has 95 valence electrons. The topological polar surface area (TPSA) is 89.6 Å². The van der Waals surface area contributed by atoms with Crippen molar-refractivity contribution < 1.29 is 51.9 Å². The third-order valence-electron chi connectivity index (χ3n) is 2.81. The molecule has 0 atom stereocenters. The SMILES string of the molecule is CC1(C)CC(OS(=O)(=O)[O-])CC(C)(C)N1[O].[Na+]. The van der Waals surface area contributed by atoms with E-state index in [1.54, 1.807) is 27.7 Å². The van der Waals surface area contributed by atoms with Crippen molar-refractivity contribution in [2.24, 2.45) is 0 Å². The van der Waals surface area contributed by atoms with Crippen LogP contribution in [0.2, 0.25) is 0 Å². The van der Waals surface area contributed by atoms with Gasteiger partial charge in [-0.3, -0.25) is 4.18 Å². The second-order valence-electron chi connectivity index (χ2n) is 5.45. The van der Waals surface area contributed by atoms with Crippen LogP contribution in [-0.4, -0.2) is 35.2 Å². The molecule has 0 aliphatic carbocycles. The van der Waals surface area contributed by atoms with E-state index in [1.807, 2.05) is 0 Å². The third kappa shape index (κ3) is 4.76. The molecule has 0 bridgehead atoms. The third-order valence-corrected chi connectivity index (χ3v) is 3.32. The normalized spacial score (nSPS) is 25.3. The van der Waals surface area contributed by atoms with Crippen LogP contribution in [0.1, 0.15) is 40.5 Å². The smallest absolute Gasteiger partial charge is 0.726 e. The molecule has 1 fully saturated rings. The molecule has 1 aliphatic rings. The molecule has 0 unspecified atom stereocenters. The van der Waals surface area contributed by atoms with Crippen molar-refractivity contribution >= 4 is 10.4 Å². The molecule has 0 spiro atoms. The first-order valence-corrected chi connectivity index (χ1v) is 6.39. The summed E-state index contributed by atoms with van der Waals surface area (Å²) < 4.78 is 36.0. The van der Waals surface area contributed by atoms with Crippen LogP contribution >= 0.6 is 0 Å². The van der Waals surface area contributed by atoms with E-state index in [9.17, 15) is 18.2 Å². The van der Waals surface area contributed by atoms with Crippen molar-refractivity contribution in [1.29, 1.82) is 0 Å². The minimum atomic E-state index is -4.71. The number of nitrogens with zero attached hydrogens (tertiary/aromatic N) is 1. The Bertz CT molecular complexity index is 350. The maximum Gasteiger partial charge on any atom is 1.00 e. The largest absolute Gasteiger partial charge is 1.00 e. The molecule has 0 aromatic heterocycles. The molecule has 6 nitrogen and oxygen atoms in total. The predicted molar refractivity (Wildman–Crippen MR) is 54.5 cm³/mol. The first-order chi connectivity index (χ1) is 6.94. The van der Waals surface area contributed by atoms with E-state index < -0.39 is 27.6 Å². The van der Waals surface area contributed by atoms with E-state index in [0.29, 0.717) is 0 Å². The monoisotopic (exact) mass is 274 g/mol. The van der Waals surface area contributed by atoms with Crippen LogP contribution in [0.25, 0.3) is 0 Å². The summed E-state index contributed by atoms with van der Waals surface area (Å²) in [4.78, 5) is 0. The summed E-state index contributed by atoms with van der Waals surface area (Å²) in [5, 5.41) is 12.9. The van der Waals surface area contributed by atoms with Gasteiger partial charge in [0.2, 0.25) is 10.4 Å². The van der Waals surface area contributed by atoms with Crippen molar-refractivity contribution in [3.05, 3.63) is 0 Å². The van der Waals surface area contributed by atoms with E-state index in [2.05, 4.69) is 4.18 Å². The van der Waals surface area contributed by atoms with Gasteiger partial charge in [-0.1, -0.05) is 0 Å². The van der Waals surface area contributed by atoms with Gasteiger partial charge >= 0.3 is 29.6 Å². The maximum atomic E-state index is 11.9. The Morgan fingerprint density at radius 2 is 1.53 bits per heavy atom. The predicted octanol–water partition coefficient (Wildman–Crippen LogP) is -2.17. The van der Waals surface area contributed by atoms with E-state index in [4.69, 9.17) is 0 Å². The number of rotatable bonds is 2. The van der Waals surface area contributed by atoms with Crippen LogP contribution in [-0.2, 0) is 19.8 Å². The molecule has 1 saturated heterocycles. The van der Waals surface area contributed by atoms with Crippen molar-refractivity contribution in [2.75, 3.05) is 0 Å². The molecule has 0 aromatic carbocycles. The minimum absolute atomic E-state index is 0. The zero-order chi connectivity index (χ0) is 12.8. The van der Waals surface area contributed by atoms with Crippen LogP contribution in [0.5, 0.6) is 0 Å². The molecule has 1 rings (SSSR count). The van der Waals surface area contributed by atoms with Gasteiger partial charge in [0.15, 0.2) is 0 Å². The first-order valence-electron chi connectivity index (χ1n) is 5.06. The Kier molecular flexibility index (Phi) is 5.67. The van der Waals surface area contributed by atoms with Crippen molar-refractivity contribution in [2.45, 2.75) is 57.7 Å². The zero-order valence-electron chi connectivity index (χ0n) is 10.9. The molecular weight excluding hydrogens is 257 g/mol. The van der Waals surface area contributed by atoms with Gasteiger partial charge in [-0.25, -0.2) is 8.42 Å². The fourth-order valence-electron chi connectivity index (χ4n) is 2.41. The molecule has 17 heavy (non-hydrogen) atoms. The van der Waals surface area contributed by atoms with Gasteiger partial charge in [0.25, 0.3) is 0 Å². The van der Waals surface area contributed by atoms with E-state index in [0.717, 1.165) is 5.06 Å². The molecule has 1 radical (unpaired) electrons. The van der Waals surface area contributed by atoms with Crippen LogP contribution in [0.3, 0.4) is 0 Å². The first kappa shape index (κ1) is 17.8. The number of hydrogen-bond donors (Lipinski definition) is 0. The van der Waals surface area contributed by atoms with Crippen molar-refractivity contribution in [3.8, 4) is 0 Å². The molecule has 1 aliphatic heterocycles. The van der Waals surface area contributed by atoms with Gasteiger partial charge in [-0.15, -0.1) is 10.3 Å². The van der Waals surface area contributed by atoms with Gasteiger partial charge < -0.3 is 4.55 Å². The molecule has 8 heteroatoms. The summed E-state index contributed by atoms with van der Waals surface area (Å²) in [6.45, 7) is 6.81. The van der Waals surface area contributed by atoms with Gasteiger partial charge in [-0.05, 0) is 40.5 Å². The minimum Gasteiger partial charge on any atom is -0.726 e. The van der Waals surface area contributed by atoms with Gasteiger partial charge in [0.05, 0.1) is 6.10 Å². The fourth-order valence-corrected chi connectivity index (χ4v) is 2.88. The Balaban J connectivity index is 0.00000256. The second-order valence-corrected chi connectivity index (χ2v) is 6.46. The average molecular weight is 274 g/mol. The quantitative estimate of drug-likeness (QED) is 0.325. The van der Waals surface area contributed by atoms with Crippen molar-refractivity contribution in [1.82, 2.24) is 5.06 Å². The Morgan fingerprint density at radius 3 is 1.82 bits per heavy atom. The Labute approximate surface area is 125 Å². The van der Waals surface area contributed by atoms with Crippen LogP contribution < -0.4 is 29.6 Å².